The van der Waals surface area contributed by atoms with E-state index in [4.69, 9.17) is 5.73 Å². The average molecular weight is 296 g/mol. The van der Waals surface area contributed by atoms with Crippen LogP contribution in [0.5, 0.6) is 0 Å². The molecule has 5 nitrogen and oxygen atoms in total. The number of carbonyl (C=O) groups is 1. The number of carbonyl (C=O) groups excluding carboxylic acids is 1. The van der Waals surface area contributed by atoms with E-state index in [2.05, 4.69) is 35.9 Å². The summed E-state index contributed by atoms with van der Waals surface area (Å²) < 4.78 is 0. The predicted molar refractivity (Wildman–Crippen MR) is 86.1 cm³/mol. The van der Waals surface area contributed by atoms with Crippen molar-refractivity contribution >= 4 is 5.91 Å². The average Bonchev–Trinajstić information content (AvgIpc) is 3.21. The zero-order chi connectivity index (χ0) is 15.5. The van der Waals surface area contributed by atoms with E-state index in [-0.39, 0.29) is 5.91 Å². The lowest BCUT2D eigenvalue weighted by Gasteiger charge is -2.36. The van der Waals surface area contributed by atoms with Gasteiger partial charge in [-0.1, -0.05) is 20.8 Å². The molecule has 0 aromatic carbocycles. The molecule has 5 heteroatoms. The Morgan fingerprint density at radius 3 is 2.43 bits per heavy atom. The second-order valence-corrected chi connectivity index (χ2v) is 6.54. The fraction of sp³-hybridized carbons (Fsp3) is 0.938. The van der Waals surface area contributed by atoms with Gasteiger partial charge in [0, 0.05) is 19.1 Å². The summed E-state index contributed by atoms with van der Waals surface area (Å²) in [5.41, 5.74) is 5.28. The number of likely N-dealkylation sites (tertiary alicyclic amines) is 1. The van der Waals surface area contributed by atoms with Gasteiger partial charge in [-0.25, -0.2) is 0 Å². The summed E-state index contributed by atoms with van der Waals surface area (Å²) in [6.45, 7) is 12.4. The molecule has 3 N–H and O–H groups in total. The smallest absolute Gasteiger partial charge is 0.239 e. The van der Waals surface area contributed by atoms with Crippen molar-refractivity contribution in [1.82, 2.24) is 15.1 Å². The van der Waals surface area contributed by atoms with E-state index in [1.165, 1.54) is 6.42 Å². The fourth-order valence-electron chi connectivity index (χ4n) is 3.93. The first-order valence-corrected chi connectivity index (χ1v) is 8.58. The van der Waals surface area contributed by atoms with Gasteiger partial charge in [0.15, 0.2) is 0 Å². The Kier molecular flexibility index (Phi) is 5.63. The Morgan fingerprint density at radius 2 is 1.95 bits per heavy atom. The van der Waals surface area contributed by atoms with Crippen molar-refractivity contribution in [3.8, 4) is 0 Å². The molecule has 2 rings (SSSR count). The molecule has 0 radical (unpaired) electrons. The van der Waals surface area contributed by atoms with E-state index in [1.54, 1.807) is 0 Å². The molecular formula is C16H32N4O. The third-order valence-electron chi connectivity index (χ3n) is 5.26. The van der Waals surface area contributed by atoms with Crippen LogP contribution in [0.15, 0.2) is 0 Å². The number of nitrogens with zero attached hydrogens (tertiary/aromatic N) is 2. The van der Waals surface area contributed by atoms with E-state index in [0.29, 0.717) is 12.0 Å². The summed E-state index contributed by atoms with van der Waals surface area (Å²) in [7, 11) is 0. The number of nitrogens with two attached hydrogens (primary N) is 1. The van der Waals surface area contributed by atoms with Crippen LogP contribution in [0, 0.1) is 5.92 Å². The molecule has 0 bridgehead atoms. The van der Waals surface area contributed by atoms with Crippen LogP contribution in [0.2, 0.25) is 0 Å². The lowest BCUT2D eigenvalue weighted by atomic mass is 9.91. The summed E-state index contributed by atoms with van der Waals surface area (Å²) in [4.78, 5) is 17.1. The van der Waals surface area contributed by atoms with Crippen LogP contribution in [0.25, 0.3) is 0 Å². The molecule has 122 valence electrons. The highest BCUT2D eigenvalue weighted by atomic mass is 16.1. The first-order valence-electron chi connectivity index (χ1n) is 8.58. The standard InChI is InChI=1S/C16H32N4O/c1-4-18-16(15(17)21,13-7-8-13)12-19-10-9-14(11-19)20(5-2)6-3/h13-14,18H,4-12H2,1-3H3,(H2,17,21). The van der Waals surface area contributed by atoms with Crippen LogP contribution < -0.4 is 11.1 Å². The topological polar surface area (TPSA) is 61.6 Å². The minimum atomic E-state index is -0.507. The molecule has 0 spiro atoms. The van der Waals surface area contributed by atoms with Crippen LogP contribution in [0.1, 0.15) is 40.0 Å². The molecule has 1 amide bonds. The number of nitrogens with one attached hydrogen (secondary N) is 1. The van der Waals surface area contributed by atoms with Gasteiger partial charge in [0.1, 0.15) is 5.54 Å². The fourth-order valence-corrected chi connectivity index (χ4v) is 3.93. The molecule has 1 heterocycles. The van der Waals surface area contributed by atoms with Crippen molar-refractivity contribution in [3.63, 3.8) is 0 Å². The molecule has 0 aromatic rings. The summed E-state index contributed by atoms with van der Waals surface area (Å²) >= 11 is 0. The summed E-state index contributed by atoms with van der Waals surface area (Å²) in [5, 5.41) is 3.43. The SMILES string of the molecule is CCNC(CN1CCC(N(CC)CC)C1)(C(N)=O)C1CC1. The van der Waals surface area contributed by atoms with Gasteiger partial charge >= 0.3 is 0 Å². The molecule has 1 saturated heterocycles. The number of primary amides is 1. The quantitative estimate of drug-likeness (QED) is 0.656. The minimum absolute atomic E-state index is 0.168. The van der Waals surface area contributed by atoms with Crippen molar-refractivity contribution in [2.45, 2.75) is 51.6 Å². The monoisotopic (exact) mass is 296 g/mol. The maximum atomic E-state index is 12.1. The van der Waals surface area contributed by atoms with Gasteiger partial charge in [-0.3, -0.25) is 14.6 Å². The number of rotatable bonds is 9. The maximum absolute atomic E-state index is 12.1. The van der Waals surface area contributed by atoms with E-state index in [1.807, 2.05) is 0 Å². The van der Waals surface area contributed by atoms with Crippen LogP contribution in [-0.4, -0.2) is 66.6 Å². The molecule has 2 atom stereocenters. The van der Waals surface area contributed by atoms with E-state index in [0.717, 1.165) is 52.1 Å². The highest BCUT2D eigenvalue weighted by Crippen LogP contribution is 2.40. The number of likely N-dealkylation sites (N-methyl/N-ethyl adjacent to an activating group) is 2. The Labute approximate surface area is 129 Å². The first kappa shape index (κ1) is 16.7. The molecular weight excluding hydrogens is 264 g/mol. The molecule has 2 unspecified atom stereocenters. The van der Waals surface area contributed by atoms with E-state index < -0.39 is 5.54 Å². The Bertz CT molecular complexity index is 354. The lowest BCUT2D eigenvalue weighted by Crippen LogP contribution is -2.63. The third-order valence-corrected chi connectivity index (χ3v) is 5.26. The Morgan fingerprint density at radius 1 is 1.29 bits per heavy atom. The first-order chi connectivity index (χ1) is 10.1. The van der Waals surface area contributed by atoms with Crippen molar-refractivity contribution in [2.24, 2.45) is 11.7 Å². The van der Waals surface area contributed by atoms with Gasteiger partial charge in [-0.05, 0) is 51.4 Å². The highest BCUT2D eigenvalue weighted by molar-refractivity contribution is 5.86. The van der Waals surface area contributed by atoms with E-state index in [9.17, 15) is 4.79 Å². The van der Waals surface area contributed by atoms with Crippen molar-refractivity contribution < 1.29 is 4.79 Å². The number of amides is 1. The summed E-state index contributed by atoms with van der Waals surface area (Å²) in [6.07, 6.45) is 3.46. The lowest BCUT2D eigenvalue weighted by molar-refractivity contribution is -0.126. The Balaban J connectivity index is 2.00. The van der Waals surface area contributed by atoms with Gasteiger partial charge in [0.05, 0.1) is 0 Å². The number of hydrogen-bond donors (Lipinski definition) is 2. The highest BCUT2D eigenvalue weighted by Gasteiger charge is 2.50. The van der Waals surface area contributed by atoms with E-state index >= 15 is 0 Å². The van der Waals surface area contributed by atoms with Crippen molar-refractivity contribution in [1.29, 1.82) is 0 Å². The maximum Gasteiger partial charge on any atom is 0.239 e. The molecule has 2 aliphatic rings. The molecule has 1 saturated carbocycles. The summed E-state index contributed by atoms with van der Waals surface area (Å²) in [6, 6.07) is 0.631. The van der Waals surface area contributed by atoms with Gasteiger partial charge in [0.25, 0.3) is 0 Å². The predicted octanol–water partition coefficient (Wildman–Crippen LogP) is 0.646. The molecule has 21 heavy (non-hydrogen) atoms. The largest absolute Gasteiger partial charge is 0.368 e. The molecule has 2 fully saturated rings. The number of hydrogen-bond acceptors (Lipinski definition) is 4. The molecule has 1 aliphatic heterocycles. The van der Waals surface area contributed by atoms with Gasteiger partial charge < -0.3 is 11.1 Å². The van der Waals surface area contributed by atoms with Crippen LogP contribution in [0.3, 0.4) is 0 Å². The second-order valence-electron chi connectivity index (χ2n) is 6.54. The normalized spacial score (nSPS) is 26.2. The van der Waals surface area contributed by atoms with Crippen LogP contribution in [0.4, 0.5) is 0 Å². The van der Waals surface area contributed by atoms with Crippen LogP contribution >= 0.6 is 0 Å². The van der Waals surface area contributed by atoms with Crippen molar-refractivity contribution in [3.05, 3.63) is 0 Å². The van der Waals surface area contributed by atoms with Gasteiger partial charge in [0.2, 0.25) is 5.91 Å². The minimum Gasteiger partial charge on any atom is -0.368 e. The summed E-state index contributed by atoms with van der Waals surface area (Å²) in [5.74, 6) is 0.264. The van der Waals surface area contributed by atoms with Gasteiger partial charge in [-0.15, -0.1) is 0 Å². The van der Waals surface area contributed by atoms with Crippen LogP contribution in [-0.2, 0) is 4.79 Å². The molecule has 1 aliphatic carbocycles. The zero-order valence-corrected chi connectivity index (χ0v) is 13.9. The molecule has 0 aromatic heterocycles. The third kappa shape index (κ3) is 3.58. The zero-order valence-electron chi connectivity index (χ0n) is 13.9. The second kappa shape index (κ2) is 7.07. The van der Waals surface area contributed by atoms with Crippen molar-refractivity contribution in [2.75, 3.05) is 39.3 Å². The van der Waals surface area contributed by atoms with Gasteiger partial charge in [-0.2, -0.15) is 0 Å². The Hall–Kier alpha value is -0.650.